The molecule has 3 heteroatoms. The number of thiophene rings is 1. The molecule has 1 aromatic rings. The van der Waals surface area contributed by atoms with Gasteiger partial charge in [-0.25, -0.2) is 4.99 Å². The summed E-state index contributed by atoms with van der Waals surface area (Å²) < 4.78 is 0. The number of nitrogens with zero attached hydrogens (tertiary/aromatic N) is 2. The zero-order valence-corrected chi connectivity index (χ0v) is 10.4. The van der Waals surface area contributed by atoms with Crippen LogP contribution in [0.1, 0.15) is 28.3 Å². The summed E-state index contributed by atoms with van der Waals surface area (Å²) in [5, 5.41) is 0. The zero-order valence-electron chi connectivity index (χ0n) is 9.61. The van der Waals surface area contributed by atoms with Crippen LogP contribution in [0.15, 0.2) is 22.8 Å². The van der Waals surface area contributed by atoms with Gasteiger partial charge in [-0.3, -0.25) is 0 Å². The van der Waals surface area contributed by atoms with Crippen LogP contribution in [0.5, 0.6) is 0 Å². The van der Waals surface area contributed by atoms with Gasteiger partial charge < -0.3 is 4.90 Å². The van der Waals surface area contributed by atoms with E-state index >= 15 is 0 Å². The lowest BCUT2D eigenvalue weighted by molar-refractivity contribution is 0.425. The van der Waals surface area contributed by atoms with Crippen LogP contribution in [0.25, 0.3) is 0 Å². The Morgan fingerprint density at radius 3 is 2.60 bits per heavy atom. The van der Waals surface area contributed by atoms with Crippen LogP contribution in [0, 0.1) is 13.8 Å². The van der Waals surface area contributed by atoms with Crippen LogP contribution in [-0.2, 0) is 0 Å². The lowest BCUT2D eigenvalue weighted by Crippen LogP contribution is -2.26. The average molecular weight is 220 g/mol. The van der Waals surface area contributed by atoms with Crippen LogP contribution in [0.2, 0.25) is 0 Å². The number of aryl methyl sites for hydroxylation is 2. The normalized spacial score (nSPS) is 20.7. The van der Waals surface area contributed by atoms with Gasteiger partial charge >= 0.3 is 0 Å². The lowest BCUT2D eigenvalue weighted by Gasteiger charge is -2.29. The van der Waals surface area contributed by atoms with Crippen molar-refractivity contribution in [3.63, 3.8) is 0 Å². The molecule has 0 N–H and O–H groups in total. The first-order valence-corrected chi connectivity index (χ1v) is 5.90. The molecular weight excluding hydrogens is 204 g/mol. The van der Waals surface area contributed by atoms with E-state index in [0.717, 1.165) is 0 Å². The quantitative estimate of drug-likeness (QED) is 0.709. The summed E-state index contributed by atoms with van der Waals surface area (Å²) in [6.45, 7) is 6.50. The standard InChI is InChI=1S/C12H16N2S/c1-8-6-13-7-14(4)12(8)11-5-9(2)15-10(11)3/h5-7,12H,1-4H3. The molecule has 80 valence electrons. The van der Waals surface area contributed by atoms with E-state index in [1.54, 1.807) is 0 Å². The smallest absolute Gasteiger partial charge is 0.0910 e. The van der Waals surface area contributed by atoms with Gasteiger partial charge in [-0.15, -0.1) is 11.3 Å². The molecule has 0 spiro atoms. The molecule has 0 radical (unpaired) electrons. The molecule has 2 heterocycles. The minimum atomic E-state index is 0.368. The number of rotatable bonds is 1. The van der Waals surface area contributed by atoms with Gasteiger partial charge in [0.05, 0.1) is 12.4 Å². The molecule has 0 aromatic carbocycles. The maximum Gasteiger partial charge on any atom is 0.0910 e. The minimum Gasteiger partial charge on any atom is -0.355 e. The number of likely N-dealkylation sites (N-methyl/N-ethyl adjacent to an activating group) is 1. The predicted octanol–water partition coefficient (Wildman–Crippen LogP) is 3.28. The van der Waals surface area contributed by atoms with Gasteiger partial charge in [-0.2, -0.15) is 0 Å². The summed E-state index contributed by atoms with van der Waals surface area (Å²) in [6.07, 6.45) is 3.85. The summed E-state index contributed by atoms with van der Waals surface area (Å²) >= 11 is 1.87. The van der Waals surface area contributed by atoms with Crippen molar-refractivity contribution >= 4 is 17.7 Å². The molecule has 0 amide bonds. The Bertz CT molecular complexity index is 429. The van der Waals surface area contributed by atoms with E-state index in [-0.39, 0.29) is 0 Å². The Kier molecular flexibility index (Phi) is 2.65. The maximum absolute atomic E-state index is 4.19. The molecule has 0 fully saturated rings. The third-order valence-corrected chi connectivity index (χ3v) is 3.72. The summed E-state index contributed by atoms with van der Waals surface area (Å²) in [5.41, 5.74) is 2.72. The van der Waals surface area contributed by atoms with Crippen molar-refractivity contribution in [1.82, 2.24) is 4.90 Å². The lowest BCUT2D eigenvalue weighted by atomic mass is 9.99. The first kappa shape index (κ1) is 10.4. The van der Waals surface area contributed by atoms with E-state index < -0.39 is 0 Å². The Balaban J connectivity index is 2.42. The van der Waals surface area contributed by atoms with Crippen molar-refractivity contribution in [2.75, 3.05) is 7.05 Å². The number of aliphatic imine (C=N–C) groups is 1. The SMILES string of the molecule is CC1=CN=CN(C)C1c1cc(C)sc1C. The molecular formula is C12H16N2S. The van der Waals surface area contributed by atoms with Gasteiger partial charge in [0.25, 0.3) is 0 Å². The van der Waals surface area contributed by atoms with Crippen LogP contribution < -0.4 is 0 Å². The molecule has 1 aliphatic rings. The molecule has 2 nitrogen and oxygen atoms in total. The third kappa shape index (κ3) is 1.84. The van der Waals surface area contributed by atoms with E-state index in [1.165, 1.54) is 20.9 Å². The highest BCUT2D eigenvalue weighted by molar-refractivity contribution is 7.12. The first-order chi connectivity index (χ1) is 7.09. The van der Waals surface area contributed by atoms with E-state index in [2.05, 4.69) is 43.8 Å². The fourth-order valence-electron chi connectivity index (χ4n) is 2.10. The molecule has 2 rings (SSSR count). The molecule has 1 aliphatic heterocycles. The van der Waals surface area contributed by atoms with E-state index in [4.69, 9.17) is 0 Å². The summed E-state index contributed by atoms with van der Waals surface area (Å²) in [5.74, 6) is 0. The van der Waals surface area contributed by atoms with Gasteiger partial charge in [0, 0.05) is 23.0 Å². The van der Waals surface area contributed by atoms with Gasteiger partial charge in [-0.1, -0.05) is 0 Å². The van der Waals surface area contributed by atoms with Gasteiger partial charge in [-0.05, 0) is 38.0 Å². The Morgan fingerprint density at radius 2 is 2.07 bits per heavy atom. The second-order valence-electron chi connectivity index (χ2n) is 4.07. The van der Waals surface area contributed by atoms with Crippen molar-refractivity contribution in [3.05, 3.63) is 33.2 Å². The van der Waals surface area contributed by atoms with Crippen LogP contribution in [-0.4, -0.2) is 18.3 Å². The maximum atomic E-state index is 4.19. The molecule has 15 heavy (non-hydrogen) atoms. The molecule has 1 aromatic heterocycles. The minimum absolute atomic E-state index is 0.368. The van der Waals surface area contributed by atoms with Crippen molar-refractivity contribution in [1.29, 1.82) is 0 Å². The molecule has 1 atom stereocenters. The van der Waals surface area contributed by atoms with Gasteiger partial charge in [0.1, 0.15) is 0 Å². The number of hydrogen-bond donors (Lipinski definition) is 0. The van der Waals surface area contributed by atoms with E-state index in [0.29, 0.717) is 6.04 Å². The van der Waals surface area contributed by atoms with Crippen LogP contribution in [0.3, 0.4) is 0 Å². The summed E-state index contributed by atoms with van der Waals surface area (Å²) in [7, 11) is 2.08. The molecule has 0 saturated heterocycles. The predicted molar refractivity (Wildman–Crippen MR) is 66.5 cm³/mol. The Labute approximate surface area is 95.0 Å². The van der Waals surface area contributed by atoms with Gasteiger partial charge in [0.2, 0.25) is 0 Å². The van der Waals surface area contributed by atoms with Gasteiger partial charge in [0.15, 0.2) is 0 Å². The fraction of sp³-hybridized carbons (Fsp3) is 0.417. The average Bonchev–Trinajstić information content (AvgIpc) is 2.45. The summed E-state index contributed by atoms with van der Waals surface area (Å²) in [4.78, 5) is 9.15. The highest BCUT2D eigenvalue weighted by Gasteiger charge is 2.22. The van der Waals surface area contributed by atoms with Crippen molar-refractivity contribution < 1.29 is 0 Å². The highest BCUT2D eigenvalue weighted by atomic mass is 32.1. The van der Waals surface area contributed by atoms with Crippen molar-refractivity contribution in [3.8, 4) is 0 Å². The largest absolute Gasteiger partial charge is 0.355 e. The highest BCUT2D eigenvalue weighted by Crippen LogP contribution is 2.34. The molecule has 0 aliphatic carbocycles. The molecule has 0 saturated carbocycles. The first-order valence-electron chi connectivity index (χ1n) is 5.08. The van der Waals surface area contributed by atoms with E-state index in [9.17, 15) is 0 Å². The van der Waals surface area contributed by atoms with E-state index in [1.807, 2.05) is 23.9 Å². The van der Waals surface area contributed by atoms with Crippen LogP contribution >= 0.6 is 11.3 Å². The van der Waals surface area contributed by atoms with Crippen molar-refractivity contribution in [2.45, 2.75) is 26.8 Å². The Morgan fingerprint density at radius 1 is 1.33 bits per heavy atom. The summed E-state index contributed by atoms with van der Waals surface area (Å²) in [6, 6.07) is 2.66. The molecule has 1 unspecified atom stereocenters. The Hall–Kier alpha value is -1.09. The van der Waals surface area contributed by atoms with Crippen LogP contribution in [0.4, 0.5) is 0 Å². The second kappa shape index (κ2) is 3.81. The van der Waals surface area contributed by atoms with Crippen molar-refractivity contribution in [2.24, 2.45) is 4.99 Å². The number of hydrogen-bond acceptors (Lipinski definition) is 3. The molecule has 0 bridgehead atoms. The fourth-order valence-corrected chi connectivity index (χ4v) is 3.06. The third-order valence-electron chi connectivity index (χ3n) is 2.74. The monoisotopic (exact) mass is 220 g/mol. The zero-order chi connectivity index (χ0) is 11.0. The topological polar surface area (TPSA) is 15.6 Å². The second-order valence-corrected chi connectivity index (χ2v) is 5.53.